The van der Waals surface area contributed by atoms with E-state index in [2.05, 4.69) is 4.98 Å². The Morgan fingerprint density at radius 2 is 2.12 bits per heavy atom. The Bertz CT molecular complexity index is 599. The quantitative estimate of drug-likeness (QED) is 0.737. The maximum Gasteiger partial charge on any atom is 0.332 e. The Morgan fingerprint density at radius 3 is 2.88 bits per heavy atom. The summed E-state index contributed by atoms with van der Waals surface area (Å²) in [5.41, 5.74) is 0.196. The molecule has 0 bridgehead atoms. The van der Waals surface area contributed by atoms with Gasteiger partial charge in [0.25, 0.3) is 0 Å². The summed E-state index contributed by atoms with van der Waals surface area (Å²) >= 11 is 0. The summed E-state index contributed by atoms with van der Waals surface area (Å²) in [6, 6.07) is 5.10. The van der Waals surface area contributed by atoms with E-state index in [1.807, 2.05) is 0 Å². The number of ether oxygens (including phenoxy) is 2. The van der Waals surface area contributed by atoms with Gasteiger partial charge in [0.15, 0.2) is 11.5 Å². The van der Waals surface area contributed by atoms with Crippen molar-refractivity contribution in [1.82, 2.24) is 9.55 Å². The second kappa shape index (κ2) is 3.06. The van der Waals surface area contributed by atoms with Crippen molar-refractivity contribution in [1.29, 1.82) is 0 Å². The fourth-order valence-corrected chi connectivity index (χ4v) is 1.61. The molecule has 1 aliphatic rings. The first-order chi connectivity index (χ1) is 7.74. The van der Waals surface area contributed by atoms with E-state index < -0.39 is 5.69 Å². The zero-order valence-electron chi connectivity index (χ0n) is 8.14. The lowest BCUT2D eigenvalue weighted by atomic mass is 10.3. The molecule has 1 aliphatic heterocycles. The maximum absolute atomic E-state index is 11.4. The standard InChI is InChI=1S/C10H8N2O4/c13-9-4-12(10(14)11-9)6-1-2-7-8(3-6)16-5-15-7/h1-4,13H,5H2,(H,11,14). The minimum Gasteiger partial charge on any atom is -0.493 e. The Balaban J connectivity index is 2.14. The molecule has 2 heterocycles. The molecule has 1 aromatic heterocycles. The molecule has 82 valence electrons. The van der Waals surface area contributed by atoms with Gasteiger partial charge in [-0.3, -0.25) is 9.55 Å². The van der Waals surface area contributed by atoms with Gasteiger partial charge in [-0.2, -0.15) is 0 Å². The highest BCUT2D eigenvalue weighted by atomic mass is 16.7. The third-order valence-electron chi connectivity index (χ3n) is 2.34. The van der Waals surface area contributed by atoms with Gasteiger partial charge in [0.05, 0.1) is 11.9 Å². The number of fused-ring (bicyclic) bond motifs is 1. The van der Waals surface area contributed by atoms with Crippen LogP contribution in [-0.4, -0.2) is 21.5 Å². The summed E-state index contributed by atoms with van der Waals surface area (Å²) in [6.45, 7) is 0.187. The monoisotopic (exact) mass is 220 g/mol. The number of imidazole rings is 1. The van der Waals surface area contributed by atoms with Gasteiger partial charge in [0, 0.05) is 6.07 Å². The third-order valence-corrected chi connectivity index (χ3v) is 2.34. The highest BCUT2D eigenvalue weighted by Gasteiger charge is 2.14. The summed E-state index contributed by atoms with van der Waals surface area (Å²) in [5.74, 6) is 1.06. The maximum atomic E-state index is 11.4. The molecule has 1 aromatic carbocycles. The van der Waals surface area contributed by atoms with Gasteiger partial charge in [-0.15, -0.1) is 0 Å². The predicted molar refractivity (Wildman–Crippen MR) is 54.2 cm³/mol. The molecule has 0 amide bonds. The fourth-order valence-electron chi connectivity index (χ4n) is 1.61. The lowest BCUT2D eigenvalue weighted by Crippen LogP contribution is -2.13. The number of aromatic hydroxyl groups is 1. The van der Waals surface area contributed by atoms with Crippen LogP contribution >= 0.6 is 0 Å². The van der Waals surface area contributed by atoms with E-state index in [1.165, 1.54) is 10.8 Å². The van der Waals surface area contributed by atoms with Gasteiger partial charge < -0.3 is 14.6 Å². The number of aromatic amines is 1. The molecule has 0 saturated heterocycles. The van der Waals surface area contributed by atoms with Crippen LogP contribution < -0.4 is 15.2 Å². The van der Waals surface area contributed by atoms with Crippen LogP contribution in [-0.2, 0) is 0 Å². The normalized spacial score (nSPS) is 13.0. The number of hydrogen-bond acceptors (Lipinski definition) is 4. The lowest BCUT2D eigenvalue weighted by molar-refractivity contribution is 0.174. The minimum atomic E-state index is -0.406. The summed E-state index contributed by atoms with van der Waals surface area (Å²) in [5, 5.41) is 9.16. The van der Waals surface area contributed by atoms with Gasteiger partial charge in [-0.05, 0) is 12.1 Å². The fraction of sp³-hybridized carbons (Fsp3) is 0.100. The van der Waals surface area contributed by atoms with Gasteiger partial charge in [0.2, 0.25) is 12.7 Å². The van der Waals surface area contributed by atoms with Gasteiger partial charge in [-0.25, -0.2) is 4.79 Å². The van der Waals surface area contributed by atoms with E-state index in [1.54, 1.807) is 18.2 Å². The van der Waals surface area contributed by atoms with Crippen molar-refractivity contribution in [2.45, 2.75) is 0 Å². The number of H-pyrrole nitrogens is 1. The molecular weight excluding hydrogens is 212 g/mol. The minimum absolute atomic E-state index is 0.178. The molecule has 3 rings (SSSR count). The van der Waals surface area contributed by atoms with E-state index in [0.717, 1.165) is 0 Å². The molecule has 2 aromatic rings. The van der Waals surface area contributed by atoms with Crippen molar-refractivity contribution in [3.05, 3.63) is 34.9 Å². The summed E-state index contributed by atoms with van der Waals surface area (Å²) in [7, 11) is 0. The van der Waals surface area contributed by atoms with Crippen LogP contribution in [0.2, 0.25) is 0 Å². The molecule has 0 radical (unpaired) electrons. The van der Waals surface area contributed by atoms with Gasteiger partial charge in [-0.1, -0.05) is 0 Å². The smallest absolute Gasteiger partial charge is 0.332 e. The molecule has 0 fully saturated rings. The van der Waals surface area contributed by atoms with Crippen LogP contribution in [0.1, 0.15) is 0 Å². The van der Waals surface area contributed by atoms with E-state index in [4.69, 9.17) is 14.6 Å². The molecule has 6 heteroatoms. The van der Waals surface area contributed by atoms with Crippen molar-refractivity contribution in [3.8, 4) is 23.1 Å². The largest absolute Gasteiger partial charge is 0.493 e. The van der Waals surface area contributed by atoms with E-state index in [-0.39, 0.29) is 12.7 Å². The van der Waals surface area contributed by atoms with Crippen molar-refractivity contribution in [2.24, 2.45) is 0 Å². The molecule has 6 nitrogen and oxygen atoms in total. The van der Waals surface area contributed by atoms with Crippen LogP contribution in [0.5, 0.6) is 17.4 Å². The average Bonchev–Trinajstić information content (AvgIpc) is 2.83. The molecule has 0 unspecified atom stereocenters. The molecule has 16 heavy (non-hydrogen) atoms. The number of benzene rings is 1. The van der Waals surface area contributed by atoms with Crippen LogP contribution in [0.15, 0.2) is 29.2 Å². The molecule has 0 aliphatic carbocycles. The second-order valence-electron chi connectivity index (χ2n) is 3.35. The first kappa shape index (κ1) is 8.90. The number of nitrogens with zero attached hydrogens (tertiary/aromatic N) is 1. The second-order valence-corrected chi connectivity index (χ2v) is 3.35. The first-order valence-electron chi connectivity index (χ1n) is 4.65. The zero-order chi connectivity index (χ0) is 11.1. The van der Waals surface area contributed by atoms with Crippen molar-refractivity contribution in [2.75, 3.05) is 6.79 Å². The first-order valence-corrected chi connectivity index (χ1v) is 4.65. The van der Waals surface area contributed by atoms with Gasteiger partial charge >= 0.3 is 5.69 Å². The SMILES string of the molecule is O=c1[nH]c(O)cn1-c1ccc2c(c1)OCO2. The zero-order valence-corrected chi connectivity index (χ0v) is 8.14. The molecule has 2 N–H and O–H groups in total. The van der Waals surface area contributed by atoms with E-state index >= 15 is 0 Å². The van der Waals surface area contributed by atoms with E-state index in [0.29, 0.717) is 17.2 Å². The van der Waals surface area contributed by atoms with E-state index in [9.17, 15) is 4.79 Å². The van der Waals surface area contributed by atoms with Gasteiger partial charge in [0.1, 0.15) is 0 Å². The predicted octanol–water partition coefficient (Wildman–Crippen LogP) is 0.600. The van der Waals surface area contributed by atoms with Crippen LogP contribution in [0.3, 0.4) is 0 Å². The molecule has 0 spiro atoms. The summed E-state index contributed by atoms with van der Waals surface area (Å²) < 4.78 is 11.6. The molecule has 0 saturated carbocycles. The Kier molecular flexibility index (Phi) is 1.70. The summed E-state index contributed by atoms with van der Waals surface area (Å²) in [4.78, 5) is 13.7. The van der Waals surface area contributed by atoms with Crippen molar-refractivity contribution in [3.63, 3.8) is 0 Å². The number of aromatic nitrogens is 2. The third kappa shape index (κ3) is 1.23. The average molecular weight is 220 g/mol. The van der Waals surface area contributed by atoms with Crippen molar-refractivity contribution >= 4 is 0 Å². The topological polar surface area (TPSA) is 76.5 Å². The van der Waals surface area contributed by atoms with Crippen LogP contribution in [0, 0.1) is 0 Å². The molecule has 0 atom stereocenters. The Labute approximate surface area is 89.7 Å². The van der Waals surface area contributed by atoms with Crippen LogP contribution in [0.4, 0.5) is 0 Å². The highest BCUT2D eigenvalue weighted by molar-refractivity contribution is 5.50. The Morgan fingerprint density at radius 1 is 1.31 bits per heavy atom. The van der Waals surface area contributed by atoms with Crippen molar-refractivity contribution < 1.29 is 14.6 Å². The van der Waals surface area contributed by atoms with Crippen LogP contribution in [0.25, 0.3) is 5.69 Å². The lowest BCUT2D eigenvalue weighted by Gasteiger charge is -2.01. The number of rotatable bonds is 1. The Hall–Kier alpha value is -2.37. The number of nitrogens with one attached hydrogen (secondary N) is 1. The highest BCUT2D eigenvalue weighted by Crippen LogP contribution is 2.33. The summed E-state index contributed by atoms with van der Waals surface area (Å²) in [6.07, 6.45) is 1.31. The molecular formula is C10H8N2O4. The number of hydrogen-bond donors (Lipinski definition) is 2.